The number of halogens is 3. The summed E-state index contributed by atoms with van der Waals surface area (Å²) in [4.78, 5) is 5.13. The molecule has 0 fully saturated rings. The number of hydrogen-bond donors (Lipinski definition) is 0. The van der Waals surface area contributed by atoms with E-state index in [-0.39, 0.29) is 10.8 Å². The van der Waals surface area contributed by atoms with Gasteiger partial charge in [-0.05, 0) is 83.8 Å². The lowest BCUT2D eigenvalue weighted by atomic mass is 9.82. The lowest BCUT2D eigenvalue weighted by Crippen LogP contribution is -2.12. The van der Waals surface area contributed by atoms with Gasteiger partial charge in [-0.15, -0.1) is 11.3 Å². The number of pyridine rings is 1. The summed E-state index contributed by atoms with van der Waals surface area (Å²) < 4.78 is 52.1. The topological polar surface area (TPSA) is 12.9 Å². The van der Waals surface area contributed by atoms with Gasteiger partial charge in [0.05, 0.1) is 17.3 Å². The van der Waals surface area contributed by atoms with E-state index >= 15 is 0 Å². The molecule has 0 saturated heterocycles. The molecule has 0 aliphatic carbocycles. The summed E-state index contributed by atoms with van der Waals surface area (Å²) in [5, 5.41) is 2.18. The van der Waals surface area contributed by atoms with Crippen LogP contribution in [0.3, 0.4) is 0 Å². The van der Waals surface area contributed by atoms with E-state index in [4.69, 9.17) is 1.37 Å². The van der Waals surface area contributed by atoms with Crippen molar-refractivity contribution >= 4 is 32.2 Å². The number of aryl methyl sites for hydroxylation is 4. The highest BCUT2D eigenvalue weighted by molar-refractivity contribution is 7.23. The van der Waals surface area contributed by atoms with E-state index in [2.05, 4.69) is 44.0 Å². The molecule has 0 radical (unpaired) electrons. The lowest BCUT2D eigenvalue weighted by molar-refractivity contribution is -0.136. The minimum atomic E-state index is -4.69. The van der Waals surface area contributed by atoms with Crippen molar-refractivity contribution in [2.24, 2.45) is 0 Å². The van der Waals surface area contributed by atoms with Crippen molar-refractivity contribution < 1.29 is 14.5 Å². The molecule has 0 aliphatic heterocycles. The van der Waals surface area contributed by atoms with Crippen LogP contribution >= 0.6 is 11.3 Å². The minimum absolute atomic E-state index is 0.0809. The van der Waals surface area contributed by atoms with Crippen molar-refractivity contribution in [3.8, 4) is 21.7 Å². The molecular formula is C32H30F3NS. The van der Waals surface area contributed by atoms with Gasteiger partial charge in [0.25, 0.3) is 0 Å². The van der Waals surface area contributed by atoms with Gasteiger partial charge >= 0.3 is 6.18 Å². The zero-order valence-corrected chi connectivity index (χ0v) is 22.9. The summed E-state index contributed by atoms with van der Waals surface area (Å²) in [5.41, 5.74) is 5.73. The summed E-state index contributed by atoms with van der Waals surface area (Å²) in [7, 11) is 0. The van der Waals surface area contributed by atoms with Gasteiger partial charge in [-0.3, -0.25) is 4.98 Å². The fourth-order valence-electron chi connectivity index (χ4n) is 5.45. The van der Waals surface area contributed by atoms with Crippen LogP contribution in [0.15, 0.2) is 54.7 Å². The molecule has 0 amide bonds. The van der Waals surface area contributed by atoms with E-state index in [1.165, 1.54) is 11.3 Å². The minimum Gasteiger partial charge on any atom is -0.254 e. The van der Waals surface area contributed by atoms with Gasteiger partial charge in [0.15, 0.2) is 0 Å². The largest absolute Gasteiger partial charge is 0.418 e. The van der Waals surface area contributed by atoms with E-state index in [1.807, 2.05) is 51.1 Å². The smallest absolute Gasteiger partial charge is 0.254 e. The summed E-state index contributed by atoms with van der Waals surface area (Å²) in [6.45, 7) is 14.1. The molecule has 190 valence electrons. The Morgan fingerprint density at radius 2 is 1.51 bits per heavy atom. The first-order valence-electron chi connectivity index (χ1n) is 12.8. The summed E-state index contributed by atoms with van der Waals surface area (Å²) in [6.07, 6.45) is -5.43. The van der Waals surface area contributed by atoms with Gasteiger partial charge < -0.3 is 0 Å². The summed E-state index contributed by atoms with van der Waals surface area (Å²) >= 11 is 1.34. The number of benzene rings is 3. The molecule has 0 aliphatic rings. The van der Waals surface area contributed by atoms with Gasteiger partial charge in [-0.2, -0.15) is 13.2 Å². The molecule has 0 N–H and O–H groups in total. The number of fused-ring (bicyclic) bond motifs is 2. The highest BCUT2D eigenvalue weighted by Gasteiger charge is 2.36. The third-order valence-electron chi connectivity index (χ3n) is 7.02. The molecule has 5 rings (SSSR count). The number of alkyl halides is 3. The molecule has 0 saturated carbocycles. The van der Waals surface area contributed by atoms with Crippen LogP contribution in [0, 0.1) is 27.7 Å². The summed E-state index contributed by atoms with van der Waals surface area (Å²) in [5.74, 6) is 0. The number of rotatable bonds is 2. The fraction of sp³-hybridized carbons (Fsp3) is 0.281. The number of aromatic nitrogens is 1. The molecule has 1 nitrogen and oxygen atoms in total. The Bertz CT molecular complexity index is 1720. The average Bonchev–Trinajstić information content (AvgIpc) is 3.12. The Morgan fingerprint density at radius 1 is 0.865 bits per heavy atom. The average molecular weight is 519 g/mol. The SMILES string of the molecule is [2H]c1nc(-c2cc(C(C)(C)C)c3ccccc3c2)c2sc(-c3c(C)cc(C)cc3C)c(C)c2c1C(F)(F)F. The van der Waals surface area contributed by atoms with Crippen LogP contribution in [0.5, 0.6) is 0 Å². The zero-order chi connectivity index (χ0) is 27.7. The second-order valence-corrected chi connectivity index (χ2v) is 12.0. The number of hydrogen-bond acceptors (Lipinski definition) is 2. The van der Waals surface area contributed by atoms with Crippen molar-refractivity contribution in [2.75, 3.05) is 0 Å². The van der Waals surface area contributed by atoms with Crippen LogP contribution in [0.1, 0.15) is 55.5 Å². The Balaban J connectivity index is 1.93. The Morgan fingerprint density at radius 3 is 2.14 bits per heavy atom. The first-order valence-corrected chi connectivity index (χ1v) is 13.1. The molecule has 37 heavy (non-hydrogen) atoms. The Labute approximate surface area is 221 Å². The predicted molar refractivity (Wildman–Crippen MR) is 151 cm³/mol. The maximum Gasteiger partial charge on any atom is 0.418 e. The molecular weight excluding hydrogens is 487 g/mol. The van der Waals surface area contributed by atoms with E-state index in [0.717, 1.165) is 49.0 Å². The van der Waals surface area contributed by atoms with Gasteiger partial charge in [-0.25, -0.2) is 0 Å². The molecule has 0 spiro atoms. The molecule has 0 atom stereocenters. The second-order valence-electron chi connectivity index (χ2n) is 11.0. The van der Waals surface area contributed by atoms with Gasteiger partial charge in [0.1, 0.15) is 0 Å². The van der Waals surface area contributed by atoms with Gasteiger partial charge in [0.2, 0.25) is 0 Å². The van der Waals surface area contributed by atoms with E-state index in [0.29, 0.717) is 16.0 Å². The van der Waals surface area contributed by atoms with Crippen molar-refractivity contribution in [2.45, 2.75) is 60.1 Å². The number of thiophene rings is 1. The monoisotopic (exact) mass is 518 g/mol. The van der Waals surface area contributed by atoms with Gasteiger partial charge in [0, 0.05) is 22.0 Å². The molecule has 5 aromatic rings. The van der Waals surface area contributed by atoms with Crippen LogP contribution < -0.4 is 0 Å². The van der Waals surface area contributed by atoms with Crippen LogP contribution in [0.25, 0.3) is 42.6 Å². The van der Waals surface area contributed by atoms with Crippen molar-refractivity contribution in [1.82, 2.24) is 4.98 Å². The van der Waals surface area contributed by atoms with Crippen LogP contribution in [-0.2, 0) is 11.6 Å². The van der Waals surface area contributed by atoms with Crippen molar-refractivity contribution in [3.63, 3.8) is 0 Å². The molecule has 0 bridgehead atoms. The highest BCUT2D eigenvalue weighted by atomic mass is 32.1. The molecule has 2 aromatic heterocycles. The summed E-state index contributed by atoms with van der Waals surface area (Å²) in [6, 6.07) is 16.2. The number of nitrogens with zero attached hydrogens (tertiary/aromatic N) is 1. The van der Waals surface area contributed by atoms with E-state index in [1.54, 1.807) is 6.92 Å². The maximum absolute atomic E-state index is 14.4. The zero-order valence-electron chi connectivity index (χ0n) is 23.1. The van der Waals surface area contributed by atoms with Crippen LogP contribution in [-0.4, -0.2) is 4.98 Å². The standard InChI is InChI=1S/C32H30F3NS/c1-17-12-18(2)26(19(3)13-17)29-20(4)27-25(32(33,34)35)16-36-28(30(27)37-29)22-14-21-10-8-9-11-23(21)24(15-22)31(5,6)7/h8-16H,1-7H3/i16D. The van der Waals surface area contributed by atoms with Crippen LogP contribution in [0.2, 0.25) is 0 Å². The highest BCUT2D eigenvalue weighted by Crippen LogP contribution is 2.48. The lowest BCUT2D eigenvalue weighted by Gasteiger charge is -2.23. The third-order valence-corrected chi connectivity index (χ3v) is 8.34. The van der Waals surface area contributed by atoms with Crippen molar-refractivity contribution in [1.29, 1.82) is 0 Å². The second kappa shape index (κ2) is 8.70. The molecule has 2 heterocycles. The van der Waals surface area contributed by atoms with E-state index < -0.39 is 17.9 Å². The molecule has 3 aromatic carbocycles. The van der Waals surface area contributed by atoms with Crippen molar-refractivity contribution in [3.05, 3.63) is 88.1 Å². The Hall–Kier alpha value is -3.18. The quantitative estimate of drug-likeness (QED) is 0.226. The Kier molecular flexibility index (Phi) is 5.68. The maximum atomic E-state index is 14.4. The fourth-order valence-corrected chi connectivity index (χ4v) is 6.95. The molecule has 0 unspecified atom stereocenters. The first kappa shape index (κ1) is 24.2. The third kappa shape index (κ3) is 4.33. The normalized spacial score (nSPS) is 13.0. The van der Waals surface area contributed by atoms with Crippen LogP contribution in [0.4, 0.5) is 13.2 Å². The predicted octanol–water partition coefficient (Wildman–Crippen LogP) is 10.3. The van der Waals surface area contributed by atoms with Gasteiger partial charge in [-0.1, -0.05) is 62.7 Å². The van der Waals surface area contributed by atoms with E-state index in [9.17, 15) is 13.2 Å². The first-order chi connectivity index (χ1) is 17.7. The molecule has 5 heteroatoms.